The summed E-state index contributed by atoms with van der Waals surface area (Å²) in [7, 11) is 0. The Kier molecular flexibility index (Phi) is 3.59. The molecule has 4 heterocycles. The number of benzene rings is 1. The molecule has 1 saturated carbocycles. The highest BCUT2D eigenvalue weighted by Crippen LogP contribution is 2.46. The Bertz CT molecular complexity index is 761. The van der Waals surface area contributed by atoms with E-state index < -0.39 is 0 Å². The van der Waals surface area contributed by atoms with Gasteiger partial charge in [0.1, 0.15) is 0 Å². The molecule has 1 aromatic carbocycles. The van der Waals surface area contributed by atoms with Gasteiger partial charge in [0.25, 0.3) is 0 Å². The van der Waals surface area contributed by atoms with E-state index in [2.05, 4.69) is 9.88 Å². The lowest BCUT2D eigenvalue weighted by atomic mass is 9.67. The van der Waals surface area contributed by atoms with Crippen molar-refractivity contribution in [2.45, 2.75) is 25.5 Å². The number of carbonyl (C=O) groups is 1. The summed E-state index contributed by atoms with van der Waals surface area (Å²) < 4.78 is 5.95. The molecule has 0 unspecified atom stereocenters. The van der Waals surface area contributed by atoms with Gasteiger partial charge in [-0.1, -0.05) is 30.3 Å². The minimum Gasteiger partial charge on any atom is -0.442 e. The summed E-state index contributed by atoms with van der Waals surface area (Å²) in [5, 5.41) is 0. The molecule has 4 heteroatoms. The van der Waals surface area contributed by atoms with Crippen molar-refractivity contribution in [2.24, 2.45) is 17.8 Å². The third-order valence-electron chi connectivity index (χ3n) is 6.00. The summed E-state index contributed by atoms with van der Waals surface area (Å²) in [5.74, 6) is 1.90. The molecule has 2 aromatic rings. The highest BCUT2D eigenvalue weighted by atomic mass is 16.6. The van der Waals surface area contributed by atoms with E-state index in [9.17, 15) is 4.79 Å². The Hall–Kier alpha value is -2.20. The quantitative estimate of drug-likeness (QED) is 0.805. The van der Waals surface area contributed by atoms with Crippen molar-refractivity contribution in [1.82, 2.24) is 9.88 Å². The van der Waals surface area contributed by atoms with Crippen LogP contribution in [0.5, 0.6) is 0 Å². The lowest BCUT2D eigenvalue weighted by molar-refractivity contribution is -0.159. The first-order valence-electron chi connectivity index (χ1n) is 9.22. The molecule has 4 nitrogen and oxygen atoms in total. The van der Waals surface area contributed by atoms with Gasteiger partial charge >= 0.3 is 5.97 Å². The smallest absolute Gasteiger partial charge is 0.341 e. The fourth-order valence-electron chi connectivity index (χ4n) is 5.08. The normalized spacial score (nSPS) is 32.6. The van der Waals surface area contributed by atoms with Gasteiger partial charge in [-0.15, -0.1) is 0 Å². The Morgan fingerprint density at radius 2 is 1.76 bits per heavy atom. The molecular weight excluding hydrogens is 312 g/mol. The van der Waals surface area contributed by atoms with E-state index in [1.807, 2.05) is 36.4 Å². The van der Waals surface area contributed by atoms with Crippen LogP contribution in [0, 0.1) is 17.8 Å². The molecule has 25 heavy (non-hydrogen) atoms. The Balaban J connectivity index is 1.35. The van der Waals surface area contributed by atoms with E-state index in [4.69, 9.17) is 4.74 Å². The van der Waals surface area contributed by atoms with Crippen molar-refractivity contribution in [3.05, 3.63) is 54.4 Å². The molecule has 3 atom stereocenters. The zero-order valence-electron chi connectivity index (χ0n) is 14.2. The van der Waals surface area contributed by atoms with Gasteiger partial charge in [0, 0.05) is 37.0 Å². The van der Waals surface area contributed by atoms with E-state index >= 15 is 0 Å². The number of aromatic nitrogens is 1. The molecule has 4 aliphatic rings. The van der Waals surface area contributed by atoms with E-state index in [1.165, 1.54) is 19.3 Å². The average Bonchev–Trinajstić information content (AvgIpc) is 2.65. The minimum atomic E-state index is -0.247. The summed E-state index contributed by atoms with van der Waals surface area (Å²) in [6.07, 6.45) is 7.16. The zero-order valence-corrected chi connectivity index (χ0v) is 14.2. The highest BCUT2D eigenvalue weighted by Gasteiger charge is 2.48. The number of esters is 1. The molecule has 1 aromatic heterocycles. The van der Waals surface area contributed by atoms with Gasteiger partial charge in [0.15, 0.2) is 6.23 Å². The second kappa shape index (κ2) is 5.95. The van der Waals surface area contributed by atoms with Crippen LogP contribution in [0.2, 0.25) is 0 Å². The number of pyridine rings is 1. The number of piperidine rings is 3. The van der Waals surface area contributed by atoms with Crippen LogP contribution in [0.25, 0.3) is 11.1 Å². The number of ether oxygens (including phenoxy) is 1. The van der Waals surface area contributed by atoms with Gasteiger partial charge in [-0.3, -0.25) is 9.88 Å². The number of hydrogen-bond donors (Lipinski definition) is 0. The maximum absolute atomic E-state index is 12.7. The molecule has 0 radical (unpaired) electrons. The van der Waals surface area contributed by atoms with Crippen molar-refractivity contribution >= 4 is 5.97 Å². The number of rotatable bonds is 3. The Labute approximate surface area is 147 Å². The lowest BCUT2D eigenvalue weighted by Gasteiger charge is -2.55. The van der Waals surface area contributed by atoms with Gasteiger partial charge in [-0.05, 0) is 42.7 Å². The van der Waals surface area contributed by atoms with Gasteiger partial charge in [-0.25, -0.2) is 4.79 Å². The van der Waals surface area contributed by atoms with Crippen molar-refractivity contribution in [3.63, 3.8) is 0 Å². The first kappa shape index (κ1) is 15.1. The average molecular weight is 334 g/mol. The monoisotopic (exact) mass is 334 g/mol. The maximum Gasteiger partial charge on any atom is 0.341 e. The van der Waals surface area contributed by atoms with Crippen LogP contribution in [-0.2, 0) is 4.74 Å². The van der Waals surface area contributed by atoms with Crippen LogP contribution in [0.3, 0.4) is 0 Å². The molecule has 3 aliphatic heterocycles. The zero-order chi connectivity index (χ0) is 16.8. The Morgan fingerprint density at radius 3 is 2.48 bits per heavy atom. The third-order valence-corrected chi connectivity index (χ3v) is 6.00. The third kappa shape index (κ3) is 2.74. The lowest BCUT2D eigenvalue weighted by Crippen LogP contribution is -2.60. The topological polar surface area (TPSA) is 42.4 Å². The molecule has 6 rings (SSSR count). The number of nitrogens with zero attached hydrogens (tertiary/aromatic N) is 2. The standard InChI is InChI=1S/C21H22N2O2/c24-21(19-9-18(10-22-11-19)16-4-2-1-3-5-16)25-20-17-7-14-6-15(8-17)13-23(20)12-14/h1-5,9-11,14-15,17,20H,6-8,12-13H2/t14-,15-,20-/m1/s1. The van der Waals surface area contributed by atoms with Crippen molar-refractivity contribution in [1.29, 1.82) is 0 Å². The number of carbonyl (C=O) groups excluding carboxylic acids is 1. The first-order valence-corrected chi connectivity index (χ1v) is 9.22. The molecule has 0 N–H and O–H groups in total. The highest BCUT2D eigenvalue weighted by molar-refractivity contribution is 5.90. The predicted octanol–water partition coefficient (Wildman–Crippen LogP) is 3.59. The summed E-state index contributed by atoms with van der Waals surface area (Å²) in [6.45, 7) is 2.18. The van der Waals surface area contributed by atoms with Crippen molar-refractivity contribution in [3.8, 4) is 11.1 Å². The van der Waals surface area contributed by atoms with Crippen molar-refractivity contribution < 1.29 is 9.53 Å². The maximum atomic E-state index is 12.7. The molecule has 1 aliphatic carbocycles. The van der Waals surface area contributed by atoms with E-state index in [0.717, 1.165) is 36.1 Å². The molecule has 128 valence electrons. The number of hydrogen-bond acceptors (Lipinski definition) is 4. The van der Waals surface area contributed by atoms with Gasteiger partial charge < -0.3 is 4.74 Å². The van der Waals surface area contributed by atoms with Crippen LogP contribution in [0.1, 0.15) is 29.6 Å². The summed E-state index contributed by atoms with van der Waals surface area (Å²) in [4.78, 5) is 19.4. The molecule has 0 spiro atoms. The Morgan fingerprint density at radius 1 is 1.00 bits per heavy atom. The molecule has 3 saturated heterocycles. The fraction of sp³-hybridized carbons (Fsp3) is 0.429. The molecular formula is C21H22N2O2. The summed E-state index contributed by atoms with van der Waals surface area (Å²) >= 11 is 0. The van der Waals surface area contributed by atoms with E-state index in [-0.39, 0.29) is 12.2 Å². The minimum absolute atomic E-state index is 0.0410. The van der Waals surface area contributed by atoms with Gasteiger partial charge in [0.2, 0.25) is 0 Å². The van der Waals surface area contributed by atoms with Crippen LogP contribution >= 0.6 is 0 Å². The van der Waals surface area contributed by atoms with Crippen LogP contribution in [0.15, 0.2) is 48.8 Å². The summed E-state index contributed by atoms with van der Waals surface area (Å²) in [5.41, 5.74) is 2.54. The molecule has 4 fully saturated rings. The largest absolute Gasteiger partial charge is 0.442 e. The molecule has 0 amide bonds. The predicted molar refractivity (Wildman–Crippen MR) is 94.8 cm³/mol. The fourth-order valence-corrected chi connectivity index (χ4v) is 5.08. The van der Waals surface area contributed by atoms with Crippen LogP contribution in [-0.4, -0.2) is 35.2 Å². The SMILES string of the molecule is O=C(O[C@@H]1C2C[C@H]3C[C@H](C2)CN1C3)c1cncc(-c2ccccc2)c1. The van der Waals surface area contributed by atoms with E-state index in [1.54, 1.807) is 12.4 Å². The first-order chi connectivity index (χ1) is 12.3. The van der Waals surface area contributed by atoms with Gasteiger partial charge in [0.05, 0.1) is 5.56 Å². The second-order valence-electron chi connectivity index (χ2n) is 7.78. The van der Waals surface area contributed by atoms with Crippen molar-refractivity contribution in [2.75, 3.05) is 13.1 Å². The van der Waals surface area contributed by atoms with Crippen LogP contribution < -0.4 is 0 Å². The van der Waals surface area contributed by atoms with Crippen LogP contribution in [0.4, 0.5) is 0 Å². The van der Waals surface area contributed by atoms with Gasteiger partial charge in [-0.2, -0.15) is 0 Å². The molecule has 4 bridgehead atoms. The van der Waals surface area contributed by atoms with E-state index in [0.29, 0.717) is 11.5 Å². The summed E-state index contributed by atoms with van der Waals surface area (Å²) in [6, 6.07) is 11.9. The second-order valence-corrected chi connectivity index (χ2v) is 7.78.